The highest BCUT2D eigenvalue weighted by molar-refractivity contribution is 5.94. The first kappa shape index (κ1) is 16.1. The molecule has 0 aromatic heterocycles. The van der Waals surface area contributed by atoms with Gasteiger partial charge in [-0.2, -0.15) is 0 Å². The van der Waals surface area contributed by atoms with E-state index in [0.717, 1.165) is 0 Å². The fourth-order valence-corrected chi connectivity index (χ4v) is 1.55. The number of carbonyl (C=O) groups excluding carboxylic acids is 1. The summed E-state index contributed by atoms with van der Waals surface area (Å²) in [6, 6.07) is 5.48. The summed E-state index contributed by atoms with van der Waals surface area (Å²) in [5, 5.41) is 27.3. The Morgan fingerprint density at radius 2 is 1.80 bits per heavy atom. The molecular weight excluding hydrogens is 264 g/mol. The van der Waals surface area contributed by atoms with Crippen molar-refractivity contribution in [1.82, 2.24) is 0 Å². The Balaban J connectivity index is 2.76. The Hall–Kier alpha value is -1.92. The normalized spacial score (nSPS) is 11.2. The molecule has 0 unspecified atom stereocenters. The van der Waals surface area contributed by atoms with Gasteiger partial charge in [0, 0.05) is 0 Å². The first-order valence-electron chi connectivity index (χ1n) is 6.20. The van der Waals surface area contributed by atoms with Gasteiger partial charge in [0.25, 0.3) is 0 Å². The Bertz CT molecular complexity index is 470. The molecule has 6 heteroatoms. The van der Waals surface area contributed by atoms with Crippen LogP contribution in [0, 0.1) is 5.41 Å². The molecule has 0 saturated heterocycles. The number of hydrogen-bond donors (Lipinski definition) is 3. The maximum absolute atomic E-state index is 11.8. The van der Waals surface area contributed by atoms with Gasteiger partial charge in [-0.3, -0.25) is 0 Å². The van der Waals surface area contributed by atoms with Crippen molar-refractivity contribution in [3.63, 3.8) is 0 Å². The van der Waals surface area contributed by atoms with E-state index in [2.05, 4.69) is 0 Å². The lowest BCUT2D eigenvalue weighted by atomic mass is 9.88. The van der Waals surface area contributed by atoms with Gasteiger partial charge >= 0.3 is 11.9 Å². The molecule has 0 radical (unpaired) electrons. The van der Waals surface area contributed by atoms with Crippen molar-refractivity contribution in [3.8, 4) is 0 Å². The van der Waals surface area contributed by atoms with Crippen LogP contribution in [0.1, 0.15) is 34.1 Å². The highest BCUT2D eigenvalue weighted by Gasteiger charge is 2.29. The van der Waals surface area contributed by atoms with Crippen LogP contribution >= 0.6 is 0 Å². The van der Waals surface area contributed by atoms with Crippen molar-refractivity contribution >= 4 is 11.9 Å². The number of aromatic carboxylic acids is 1. The highest BCUT2D eigenvalue weighted by atomic mass is 16.5. The van der Waals surface area contributed by atoms with Gasteiger partial charge in [0.1, 0.15) is 6.61 Å². The Morgan fingerprint density at radius 3 is 2.30 bits per heavy atom. The van der Waals surface area contributed by atoms with E-state index in [1.54, 1.807) is 6.92 Å². The SMILES string of the molecule is CCC(CO)(CO)COC(=O)c1cccc(C(=O)O)c1. The third-order valence-corrected chi connectivity index (χ3v) is 3.28. The molecule has 0 fully saturated rings. The van der Waals surface area contributed by atoms with E-state index in [0.29, 0.717) is 6.42 Å². The zero-order chi connectivity index (χ0) is 15.2. The number of esters is 1. The zero-order valence-corrected chi connectivity index (χ0v) is 11.2. The van der Waals surface area contributed by atoms with Crippen LogP contribution < -0.4 is 0 Å². The van der Waals surface area contributed by atoms with Crippen LogP contribution in [0.4, 0.5) is 0 Å². The molecule has 0 atom stereocenters. The van der Waals surface area contributed by atoms with Crippen molar-refractivity contribution in [3.05, 3.63) is 35.4 Å². The molecular formula is C14H18O6. The molecule has 0 heterocycles. The van der Waals surface area contributed by atoms with Gasteiger partial charge in [0.05, 0.1) is 29.8 Å². The predicted molar refractivity (Wildman–Crippen MR) is 70.6 cm³/mol. The van der Waals surface area contributed by atoms with Crippen molar-refractivity contribution < 1.29 is 29.6 Å². The molecule has 0 aliphatic carbocycles. The van der Waals surface area contributed by atoms with E-state index >= 15 is 0 Å². The molecule has 20 heavy (non-hydrogen) atoms. The molecule has 0 saturated carbocycles. The minimum atomic E-state index is -1.13. The molecule has 110 valence electrons. The number of aliphatic hydroxyl groups excluding tert-OH is 2. The molecule has 0 aliphatic heterocycles. The van der Waals surface area contributed by atoms with Crippen molar-refractivity contribution in [2.45, 2.75) is 13.3 Å². The summed E-state index contributed by atoms with van der Waals surface area (Å²) < 4.78 is 5.05. The Labute approximate surface area is 116 Å². The minimum Gasteiger partial charge on any atom is -0.478 e. The van der Waals surface area contributed by atoms with E-state index < -0.39 is 17.4 Å². The number of carbonyl (C=O) groups is 2. The molecule has 0 spiro atoms. The maximum Gasteiger partial charge on any atom is 0.338 e. The number of benzene rings is 1. The summed E-state index contributed by atoms with van der Waals surface area (Å²) in [6.07, 6.45) is 0.447. The molecule has 6 nitrogen and oxygen atoms in total. The second-order valence-electron chi connectivity index (χ2n) is 4.63. The average molecular weight is 282 g/mol. The van der Waals surface area contributed by atoms with Crippen LogP contribution in [0.2, 0.25) is 0 Å². The highest BCUT2D eigenvalue weighted by Crippen LogP contribution is 2.21. The smallest absolute Gasteiger partial charge is 0.338 e. The van der Waals surface area contributed by atoms with Crippen LogP contribution in [0.5, 0.6) is 0 Å². The van der Waals surface area contributed by atoms with Gasteiger partial charge < -0.3 is 20.1 Å². The van der Waals surface area contributed by atoms with E-state index in [9.17, 15) is 19.8 Å². The summed E-state index contributed by atoms with van der Waals surface area (Å²) in [5.41, 5.74) is -0.767. The second kappa shape index (κ2) is 7.02. The first-order valence-corrected chi connectivity index (χ1v) is 6.20. The third kappa shape index (κ3) is 3.79. The average Bonchev–Trinajstić information content (AvgIpc) is 2.49. The van der Waals surface area contributed by atoms with E-state index in [1.165, 1.54) is 24.3 Å². The lowest BCUT2D eigenvalue weighted by molar-refractivity contribution is -0.0176. The summed E-state index contributed by atoms with van der Waals surface area (Å²) in [7, 11) is 0. The summed E-state index contributed by atoms with van der Waals surface area (Å²) in [6.45, 7) is 1.03. The van der Waals surface area contributed by atoms with Crippen LogP contribution in [0.25, 0.3) is 0 Å². The summed E-state index contributed by atoms with van der Waals surface area (Å²) in [5.74, 6) is -1.82. The number of carboxylic acid groups (broad SMARTS) is 1. The van der Waals surface area contributed by atoms with Gasteiger partial charge in [-0.25, -0.2) is 9.59 Å². The fourth-order valence-electron chi connectivity index (χ4n) is 1.55. The maximum atomic E-state index is 11.8. The van der Waals surface area contributed by atoms with Crippen molar-refractivity contribution in [2.75, 3.05) is 19.8 Å². The van der Waals surface area contributed by atoms with E-state index in [4.69, 9.17) is 9.84 Å². The van der Waals surface area contributed by atoms with Gasteiger partial charge in [0.2, 0.25) is 0 Å². The molecule has 3 N–H and O–H groups in total. The van der Waals surface area contributed by atoms with Crippen molar-refractivity contribution in [1.29, 1.82) is 0 Å². The van der Waals surface area contributed by atoms with Crippen molar-refractivity contribution in [2.24, 2.45) is 5.41 Å². The summed E-state index contributed by atoms with van der Waals surface area (Å²) in [4.78, 5) is 22.6. The third-order valence-electron chi connectivity index (χ3n) is 3.28. The minimum absolute atomic E-state index is 0.00878. The number of aliphatic hydroxyl groups is 2. The fraction of sp³-hybridized carbons (Fsp3) is 0.429. The molecule has 1 aromatic rings. The van der Waals surface area contributed by atoms with E-state index in [1.807, 2.05) is 0 Å². The number of carboxylic acids is 1. The van der Waals surface area contributed by atoms with Gasteiger partial charge in [0.15, 0.2) is 0 Å². The topological polar surface area (TPSA) is 104 Å². The van der Waals surface area contributed by atoms with Crippen LogP contribution in [0.3, 0.4) is 0 Å². The molecule has 0 aliphatic rings. The van der Waals surface area contributed by atoms with Gasteiger partial charge in [-0.1, -0.05) is 13.0 Å². The quantitative estimate of drug-likeness (QED) is 0.642. The number of rotatable bonds is 7. The molecule has 1 rings (SSSR count). The van der Waals surface area contributed by atoms with Crippen LogP contribution in [-0.4, -0.2) is 47.1 Å². The Kier molecular flexibility index (Phi) is 5.66. The van der Waals surface area contributed by atoms with Crippen LogP contribution in [-0.2, 0) is 4.74 Å². The molecule has 1 aromatic carbocycles. The number of ether oxygens (including phenoxy) is 1. The molecule has 0 bridgehead atoms. The molecule has 0 amide bonds. The summed E-state index contributed by atoms with van der Waals surface area (Å²) >= 11 is 0. The van der Waals surface area contributed by atoms with E-state index in [-0.39, 0.29) is 30.9 Å². The number of hydrogen-bond acceptors (Lipinski definition) is 5. The lowest BCUT2D eigenvalue weighted by Gasteiger charge is -2.27. The Morgan fingerprint density at radius 1 is 1.20 bits per heavy atom. The first-order chi connectivity index (χ1) is 9.48. The standard InChI is InChI=1S/C14H18O6/c1-2-14(7-15,8-16)9-20-13(19)11-5-3-4-10(6-11)12(17)18/h3-6,15-16H,2,7-9H2,1H3,(H,17,18). The predicted octanol–water partition coefficient (Wildman–Crippen LogP) is 0.923. The second-order valence-corrected chi connectivity index (χ2v) is 4.63. The monoisotopic (exact) mass is 282 g/mol. The van der Waals surface area contributed by atoms with Gasteiger partial charge in [-0.05, 0) is 24.6 Å². The van der Waals surface area contributed by atoms with Crippen LogP contribution in [0.15, 0.2) is 24.3 Å². The lowest BCUT2D eigenvalue weighted by Crippen LogP contribution is -2.35. The largest absolute Gasteiger partial charge is 0.478 e. The van der Waals surface area contributed by atoms with Gasteiger partial charge in [-0.15, -0.1) is 0 Å². The zero-order valence-electron chi connectivity index (χ0n) is 11.2.